The molecular formula is C17H27N3O3S. The van der Waals surface area contributed by atoms with Crippen LogP contribution in [0.5, 0.6) is 0 Å². The van der Waals surface area contributed by atoms with E-state index < -0.39 is 0 Å². The Morgan fingerprint density at radius 1 is 1.21 bits per heavy atom. The summed E-state index contributed by atoms with van der Waals surface area (Å²) in [6, 6.07) is 1.77. The van der Waals surface area contributed by atoms with Crippen molar-refractivity contribution in [2.75, 3.05) is 51.2 Å². The molecule has 0 atom stereocenters. The van der Waals surface area contributed by atoms with Gasteiger partial charge in [0.15, 0.2) is 0 Å². The van der Waals surface area contributed by atoms with Gasteiger partial charge in [0.25, 0.3) is 0 Å². The van der Waals surface area contributed by atoms with Crippen LogP contribution >= 0.6 is 11.3 Å². The number of esters is 1. The monoisotopic (exact) mass is 353 g/mol. The summed E-state index contributed by atoms with van der Waals surface area (Å²) in [6.07, 6.45) is 1.16. The fraction of sp³-hybridized carbons (Fsp3) is 0.647. The van der Waals surface area contributed by atoms with E-state index in [1.54, 1.807) is 13.0 Å². The number of hydrogen-bond acceptors (Lipinski definition) is 6. The van der Waals surface area contributed by atoms with E-state index in [0.717, 1.165) is 44.0 Å². The van der Waals surface area contributed by atoms with Crippen LogP contribution in [0.2, 0.25) is 0 Å². The lowest BCUT2D eigenvalue weighted by Crippen LogP contribution is -2.48. The largest absolute Gasteiger partial charge is 0.462 e. The van der Waals surface area contributed by atoms with Crippen LogP contribution in [0.3, 0.4) is 0 Å². The first-order chi connectivity index (χ1) is 11.5. The number of nitrogens with one attached hydrogen (secondary N) is 1. The van der Waals surface area contributed by atoms with Crippen molar-refractivity contribution in [3.05, 3.63) is 16.5 Å². The molecule has 0 spiro atoms. The molecule has 0 aromatic carbocycles. The molecule has 1 N–H and O–H groups in total. The van der Waals surface area contributed by atoms with Crippen LogP contribution in [0, 0.1) is 6.92 Å². The van der Waals surface area contributed by atoms with E-state index in [4.69, 9.17) is 4.74 Å². The number of thiophene rings is 1. The smallest absolute Gasteiger partial charge is 0.341 e. The van der Waals surface area contributed by atoms with Gasteiger partial charge in [-0.3, -0.25) is 9.69 Å². The lowest BCUT2D eigenvalue weighted by Gasteiger charge is -2.34. The zero-order chi connectivity index (χ0) is 17.5. The van der Waals surface area contributed by atoms with Crippen molar-refractivity contribution in [1.82, 2.24) is 9.80 Å². The molecule has 1 aromatic heterocycles. The maximum absolute atomic E-state index is 12.3. The van der Waals surface area contributed by atoms with Crippen molar-refractivity contribution >= 4 is 28.2 Å². The Bertz CT molecular complexity index is 565. The summed E-state index contributed by atoms with van der Waals surface area (Å²) in [5.74, 6) is -0.461. The van der Waals surface area contributed by atoms with Gasteiger partial charge in [-0.15, -0.1) is 11.3 Å². The summed E-state index contributed by atoms with van der Waals surface area (Å²) in [5, 5.41) is 3.46. The number of anilines is 1. The van der Waals surface area contributed by atoms with Gasteiger partial charge in [-0.25, -0.2) is 4.79 Å². The number of rotatable bonds is 7. The van der Waals surface area contributed by atoms with Crippen LogP contribution in [0.15, 0.2) is 6.07 Å². The van der Waals surface area contributed by atoms with E-state index >= 15 is 0 Å². The quantitative estimate of drug-likeness (QED) is 0.762. The van der Waals surface area contributed by atoms with Crippen LogP contribution in [0.1, 0.15) is 35.5 Å². The highest BCUT2D eigenvalue weighted by Crippen LogP contribution is 2.28. The van der Waals surface area contributed by atoms with Crippen LogP contribution in [0.4, 0.5) is 5.00 Å². The summed E-state index contributed by atoms with van der Waals surface area (Å²) in [7, 11) is 0. The molecule has 0 bridgehead atoms. The predicted octanol–water partition coefficient (Wildman–Crippen LogP) is 2.20. The van der Waals surface area contributed by atoms with E-state index in [1.807, 2.05) is 6.92 Å². The van der Waals surface area contributed by atoms with Crippen molar-refractivity contribution < 1.29 is 14.3 Å². The highest BCUT2D eigenvalue weighted by molar-refractivity contribution is 7.16. The first-order valence-corrected chi connectivity index (χ1v) is 9.37. The third-order valence-electron chi connectivity index (χ3n) is 3.98. The Kier molecular flexibility index (Phi) is 7.20. The fourth-order valence-corrected chi connectivity index (χ4v) is 3.74. The van der Waals surface area contributed by atoms with Crippen molar-refractivity contribution in [1.29, 1.82) is 0 Å². The molecule has 2 rings (SSSR count). The number of aryl methyl sites for hydroxylation is 1. The third kappa shape index (κ3) is 5.29. The molecular weight excluding hydrogens is 326 g/mol. The molecule has 24 heavy (non-hydrogen) atoms. The van der Waals surface area contributed by atoms with E-state index in [2.05, 4.69) is 22.0 Å². The van der Waals surface area contributed by atoms with Crippen molar-refractivity contribution in [3.63, 3.8) is 0 Å². The highest BCUT2D eigenvalue weighted by atomic mass is 32.1. The number of carbonyl (C=O) groups excluding carboxylic acids is 2. The highest BCUT2D eigenvalue weighted by Gasteiger charge is 2.21. The van der Waals surface area contributed by atoms with Crippen LogP contribution in [-0.4, -0.2) is 67.6 Å². The average molecular weight is 353 g/mol. The Balaban J connectivity index is 1.88. The van der Waals surface area contributed by atoms with Crippen molar-refractivity contribution in [3.8, 4) is 0 Å². The molecule has 0 radical (unpaired) electrons. The van der Waals surface area contributed by atoms with Gasteiger partial charge in [-0.2, -0.15) is 0 Å². The Morgan fingerprint density at radius 2 is 1.88 bits per heavy atom. The minimum atomic E-state index is -0.384. The minimum absolute atomic E-state index is 0.0775. The van der Waals surface area contributed by atoms with Gasteiger partial charge in [0, 0.05) is 31.1 Å². The molecule has 0 saturated carbocycles. The lowest BCUT2D eigenvalue weighted by molar-refractivity contribution is -0.117. The first kappa shape index (κ1) is 18.9. The molecule has 1 aliphatic heterocycles. The fourth-order valence-electron chi connectivity index (χ4n) is 2.82. The van der Waals surface area contributed by atoms with Gasteiger partial charge in [0.1, 0.15) is 5.00 Å². The van der Waals surface area contributed by atoms with E-state index in [1.165, 1.54) is 11.3 Å². The van der Waals surface area contributed by atoms with Gasteiger partial charge in [-0.1, -0.05) is 6.92 Å². The molecule has 134 valence electrons. The summed E-state index contributed by atoms with van der Waals surface area (Å²) in [5.41, 5.74) is 0.445. The predicted molar refractivity (Wildman–Crippen MR) is 96.8 cm³/mol. The molecule has 1 fully saturated rings. The maximum atomic E-state index is 12.3. The number of ether oxygens (including phenoxy) is 1. The van der Waals surface area contributed by atoms with Crippen LogP contribution in [0.25, 0.3) is 0 Å². The van der Waals surface area contributed by atoms with Gasteiger partial charge in [-0.05, 0) is 32.9 Å². The second kappa shape index (κ2) is 9.15. The molecule has 6 nitrogen and oxygen atoms in total. The summed E-state index contributed by atoms with van der Waals surface area (Å²) in [6.45, 7) is 11.5. The summed E-state index contributed by atoms with van der Waals surface area (Å²) < 4.78 is 5.05. The zero-order valence-electron chi connectivity index (χ0n) is 14.8. The van der Waals surface area contributed by atoms with E-state index in [-0.39, 0.29) is 11.9 Å². The standard InChI is InChI=1S/C17H27N3O3S/c1-4-6-19-7-9-20(10-8-19)12-15(21)18-16-14(11-13(3)24-16)17(22)23-5-2/h11H,4-10,12H2,1-3H3,(H,18,21). The van der Waals surface area contributed by atoms with E-state index in [9.17, 15) is 9.59 Å². The summed E-state index contributed by atoms with van der Waals surface area (Å²) in [4.78, 5) is 29.8. The number of carbonyl (C=O) groups is 2. The molecule has 2 heterocycles. The second-order valence-electron chi connectivity index (χ2n) is 5.99. The Morgan fingerprint density at radius 3 is 2.50 bits per heavy atom. The Labute approximate surface area is 147 Å². The third-order valence-corrected chi connectivity index (χ3v) is 4.94. The molecule has 1 aliphatic rings. The lowest BCUT2D eigenvalue weighted by atomic mass is 10.3. The zero-order valence-corrected chi connectivity index (χ0v) is 15.6. The van der Waals surface area contributed by atoms with E-state index in [0.29, 0.717) is 23.7 Å². The number of nitrogens with zero attached hydrogens (tertiary/aromatic N) is 2. The summed E-state index contributed by atoms with van der Waals surface area (Å²) >= 11 is 1.41. The van der Waals surface area contributed by atoms with Gasteiger partial charge >= 0.3 is 5.97 Å². The minimum Gasteiger partial charge on any atom is -0.462 e. The first-order valence-electron chi connectivity index (χ1n) is 8.55. The Hall–Kier alpha value is -1.44. The number of piperazine rings is 1. The topological polar surface area (TPSA) is 61.9 Å². The van der Waals surface area contributed by atoms with Crippen molar-refractivity contribution in [2.24, 2.45) is 0 Å². The number of amides is 1. The van der Waals surface area contributed by atoms with Gasteiger partial charge in [0.05, 0.1) is 18.7 Å². The van der Waals surface area contributed by atoms with Gasteiger partial charge < -0.3 is 15.0 Å². The number of hydrogen-bond donors (Lipinski definition) is 1. The van der Waals surface area contributed by atoms with Crippen LogP contribution in [-0.2, 0) is 9.53 Å². The maximum Gasteiger partial charge on any atom is 0.341 e. The van der Waals surface area contributed by atoms with Crippen molar-refractivity contribution in [2.45, 2.75) is 27.2 Å². The average Bonchev–Trinajstić information content (AvgIpc) is 2.90. The second-order valence-corrected chi connectivity index (χ2v) is 7.24. The van der Waals surface area contributed by atoms with Gasteiger partial charge in [0.2, 0.25) is 5.91 Å². The normalized spacial score (nSPS) is 16.1. The molecule has 0 aliphatic carbocycles. The molecule has 0 unspecified atom stereocenters. The molecule has 1 aromatic rings. The SMILES string of the molecule is CCCN1CCN(CC(=O)Nc2sc(C)cc2C(=O)OCC)CC1. The molecule has 1 amide bonds. The van der Waals surface area contributed by atoms with Crippen LogP contribution < -0.4 is 5.32 Å². The molecule has 7 heteroatoms. The molecule has 1 saturated heterocycles.